The topological polar surface area (TPSA) is 78.2 Å². The predicted octanol–water partition coefficient (Wildman–Crippen LogP) is 6.99. The summed E-state index contributed by atoms with van der Waals surface area (Å²) in [6.45, 7) is 3.27. The number of unbranched alkanes of at least 4 members (excludes halogenated alkanes) is 3. The molecule has 4 aromatic rings. The molecular weight excluding hydrogens is 562 g/mol. The second kappa shape index (κ2) is 10.8. The van der Waals surface area contributed by atoms with E-state index in [1.54, 1.807) is 23.1 Å². The molecule has 200 valence electrons. The first-order chi connectivity index (χ1) is 19.0. The Morgan fingerprint density at radius 2 is 1.77 bits per heavy atom. The van der Waals surface area contributed by atoms with Gasteiger partial charge in [0, 0.05) is 11.0 Å². The maximum absolute atomic E-state index is 13.8. The SMILES string of the molecule is CCCCCCOc1ccc(C2c3c(oc4ccc(Br)cc4c3=O)C(=O)N2Cc2ccc3c(c2)OCO3)cc1. The van der Waals surface area contributed by atoms with Gasteiger partial charge in [0.25, 0.3) is 5.91 Å². The molecule has 0 N–H and O–H groups in total. The van der Waals surface area contributed by atoms with Gasteiger partial charge < -0.3 is 23.5 Å². The number of nitrogens with zero attached hydrogens (tertiary/aromatic N) is 1. The Morgan fingerprint density at radius 3 is 2.59 bits per heavy atom. The Kier molecular flexibility index (Phi) is 7.04. The maximum Gasteiger partial charge on any atom is 0.291 e. The van der Waals surface area contributed by atoms with Crippen LogP contribution in [0.2, 0.25) is 0 Å². The van der Waals surface area contributed by atoms with E-state index in [2.05, 4.69) is 22.9 Å². The van der Waals surface area contributed by atoms with E-state index in [4.69, 9.17) is 18.6 Å². The number of hydrogen-bond donors (Lipinski definition) is 0. The van der Waals surface area contributed by atoms with Crippen molar-refractivity contribution in [3.63, 3.8) is 0 Å². The molecule has 1 atom stereocenters. The average molecular weight is 590 g/mol. The Labute approximate surface area is 234 Å². The molecule has 0 radical (unpaired) electrons. The summed E-state index contributed by atoms with van der Waals surface area (Å²) in [4.78, 5) is 29.3. The highest BCUT2D eigenvalue weighted by Gasteiger charge is 2.42. The zero-order valence-electron chi connectivity index (χ0n) is 21.6. The van der Waals surface area contributed by atoms with Gasteiger partial charge in [0.15, 0.2) is 16.9 Å². The van der Waals surface area contributed by atoms with E-state index < -0.39 is 6.04 Å². The highest BCUT2D eigenvalue weighted by molar-refractivity contribution is 9.10. The number of rotatable bonds is 9. The van der Waals surface area contributed by atoms with Gasteiger partial charge in [-0.3, -0.25) is 9.59 Å². The highest BCUT2D eigenvalue weighted by atomic mass is 79.9. The molecular formula is C31H28BrNO6. The Morgan fingerprint density at radius 1 is 0.949 bits per heavy atom. The molecule has 1 unspecified atom stereocenters. The Balaban J connectivity index is 1.37. The van der Waals surface area contributed by atoms with Crippen molar-refractivity contribution in [2.75, 3.05) is 13.4 Å². The van der Waals surface area contributed by atoms with Crippen LogP contribution < -0.4 is 19.6 Å². The molecule has 1 aromatic heterocycles. The third-order valence-corrected chi connectivity index (χ3v) is 7.67. The molecule has 1 amide bonds. The summed E-state index contributed by atoms with van der Waals surface area (Å²) >= 11 is 3.45. The third-order valence-electron chi connectivity index (χ3n) is 7.18. The van der Waals surface area contributed by atoms with E-state index in [1.165, 1.54) is 12.8 Å². The van der Waals surface area contributed by atoms with Crippen molar-refractivity contribution in [3.05, 3.63) is 97.8 Å². The van der Waals surface area contributed by atoms with Crippen LogP contribution in [0.3, 0.4) is 0 Å². The van der Waals surface area contributed by atoms with E-state index in [9.17, 15) is 9.59 Å². The highest BCUT2D eigenvalue weighted by Crippen LogP contribution is 2.41. The minimum atomic E-state index is -0.615. The molecule has 2 aliphatic heterocycles. The molecule has 39 heavy (non-hydrogen) atoms. The summed E-state index contributed by atoms with van der Waals surface area (Å²) in [7, 11) is 0. The van der Waals surface area contributed by atoms with E-state index in [0.717, 1.165) is 34.2 Å². The van der Waals surface area contributed by atoms with Gasteiger partial charge >= 0.3 is 0 Å². The van der Waals surface area contributed by atoms with Gasteiger partial charge in [-0.15, -0.1) is 0 Å². The van der Waals surface area contributed by atoms with Crippen LogP contribution in [0.4, 0.5) is 0 Å². The zero-order valence-corrected chi connectivity index (χ0v) is 23.2. The van der Waals surface area contributed by atoms with Crippen molar-refractivity contribution in [1.29, 1.82) is 0 Å². The second-order valence-electron chi connectivity index (χ2n) is 9.82. The largest absolute Gasteiger partial charge is 0.494 e. The lowest BCUT2D eigenvalue weighted by Crippen LogP contribution is -2.29. The second-order valence-corrected chi connectivity index (χ2v) is 10.7. The van der Waals surface area contributed by atoms with Crippen molar-refractivity contribution in [1.82, 2.24) is 4.90 Å². The molecule has 2 aliphatic rings. The Bertz CT molecular complexity index is 1600. The van der Waals surface area contributed by atoms with Gasteiger partial charge in [0.2, 0.25) is 12.6 Å². The molecule has 6 rings (SSSR count). The van der Waals surface area contributed by atoms with E-state index >= 15 is 0 Å². The van der Waals surface area contributed by atoms with Crippen LogP contribution >= 0.6 is 15.9 Å². The van der Waals surface area contributed by atoms with Crippen molar-refractivity contribution < 1.29 is 23.4 Å². The number of fused-ring (bicyclic) bond motifs is 3. The van der Waals surface area contributed by atoms with Gasteiger partial charge in [-0.2, -0.15) is 0 Å². The number of carbonyl (C=O) groups excluding carboxylic acids is 1. The number of hydrogen-bond acceptors (Lipinski definition) is 6. The van der Waals surface area contributed by atoms with Crippen LogP contribution in [0, 0.1) is 0 Å². The van der Waals surface area contributed by atoms with Gasteiger partial charge in [-0.1, -0.05) is 60.3 Å². The molecule has 8 heteroatoms. The molecule has 0 saturated heterocycles. The maximum atomic E-state index is 13.8. The monoisotopic (exact) mass is 589 g/mol. The molecule has 3 aromatic carbocycles. The minimum absolute atomic E-state index is 0.0804. The van der Waals surface area contributed by atoms with Gasteiger partial charge in [0.05, 0.1) is 23.6 Å². The smallest absolute Gasteiger partial charge is 0.291 e. The van der Waals surface area contributed by atoms with E-state index in [0.29, 0.717) is 34.6 Å². The average Bonchev–Trinajstić information content (AvgIpc) is 3.52. The summed E-state index contributed by atoms with van der Waals surface area (Å²) in [5.74, 6) is 1.82. The summed E-state index contributed by atoms with van der Waals surface area (Å²) in [5.41, 5.74) is 2.18. The molecule has 0 aliphatic carbocycles. The van der Waals surface area contributed by atoms with Crippen molar-refractivity contribution in [3.8, 4) is 17.2 Å². The quantitative estimate of drug-likeness (QED) is 0.196. The normalized spacial score (nSPS) is 15.7. The van der Waals surface area contributed by atoms with Crippen LogP contribution in [-0.2, 0) is 6.54 Å². The van der Waals surface area contributed by atoms with Crippen molar-refractivity contribution >= 4 is 32.8 Å². The molecule has 3 heterocycles. The summed E-state index contributed by atoms with van der Waals surface area (Å²) < 4.78 is 23.7. The number of benzene rings is 3. The fraction of sp³-hybridized carbons (Fsp3) is 0.290. The molecule has 0 fully saturated rings. The summed E-state index contributed by atoms with van der Waals surface area (Å²) in [6.07, 6.45) is 4.53. The third kappa shape index (κ3) is 4.89. The van der Waals surface area contributed by atoms with Gasteiger partial charge in [-0.05, 0) is 60.0 Å². The van der Waals surface area contributed by atoms with E-state index in [-0.39, 0.29) is 30.4 Å². The fourth-order valence-electron chi connectivity index (χ4n) is 5.20. The lowest BCUT2D eigenvalue weighted by Gasteiger charge is -2.25. The summed E-state index contributed by atoms with van der Waals surface area (Å²) in [6, 6.07) is 17.9. The number of ether oxygens (including phenoxy) is 3. The van der Waals surface area contributed by atoms with E-state index in [1.807, 2.05) is 42.5 Å². The number of amides is 1. The number of halogens is 1. The molecule has 0 saturated carbocycles. The van der Waals surface area contributed by atoms with Crippen LogP contribution in [0.5, 0.6) is 17.2 Å². The van der Waals surface area contributed by atoms with Crippen LogP contribution in [-0.4, -0.2) is 24.2 Å². The van der Waals surface area contributed by atoms with Crippen LogP contribution in [0.15, 0.2) is 74.3 Å². The Hall–Kier alpha value is -3.78. The number of carbonyl (C=O) groups is 1. The predicted molar refractivity (Wildman–Crippen MR) is 151 cm³/mol. The van der Waals surface area contributed by atoms with Gasteiger partial charge in [-0.25, -0.2) is 0 Å². The lowest BCUT2D eigenvalue weighted by molar-refractivity contribution is 0.0714. The standard InChI is InChI=1S/C31H28BrNO6/c1-2-3-4-5-14-36-22-10-7-20(8-11-22)28-27-29(34)23-16-21(32)9-13-24(23)39-30(27)31(35)33(28)17-19-6-12-25-26(15-19)38-18-37-25/h6-13,15-16,28H,2-5,14,17-18H2,1H3. The van der Waals surface area contributed by atoms with Crippen LogP contribution in [0.25, 0.3) is 11.0 Å². The first-order valence-electron chi connectivity index (χ1n) is 13.2. The molecule has 0 spiro atoms. The fourth-order valence-corrected chi connectivity index (χ4v) is 5.56. The molecule has 7 nitrogen and oxygen atoms in total. The lowest BCUT2D eigenvalue weighted by atomic mass is 9.98. The minimum Gasteiger partial charge on any atom is -0.494 e. The van der Waals surface area contributed by atoms with Gasteiger partial charge in [0.1, 0.15) is 11.3 Å². The summed E-state index contributed by atoms with van der Waals surface area (Å²) in [5, 5.41) is 0.429. The first-order valence-corrected chi connectivity index (χ1v) is 14.0. The van der Waals surface area contributed by atoms with Crippen molar-refractivity contribution in [2.45, 2.75) is 45.2 Å². The zero-order chi connectivity index (χ0) is 26.9. The molecule has 0 bridgehead atoms. The first kappa shape index (κ1) is 25.5. The van der Waals surface area contributed by atoms with Crippen molar-refractivity contribution in [2.24, 2.45) is 0 Å². The van der Waals surface area contributed by atoms with Crippen LogP contribution in [0.1, 0.15) is 65.9 Å².